The van der Waals surface area contributed by atoms with Crippen LogP contribution in [0.1, 0.15) is 18.2 Å². The van der Waals surface area contributed by atoms with Gasteiger partial charge in [0, 0.05) is 11.1 Å². The first-order chi connectivity index (χ1) is 7.69. The molecule has 2 rings (SSSR count). The van der Waals surface area contributed by atoms with Gasteiger partial charge in [0.25, 0.3) is 0 Å². The van der Waals surface area contributed by atoms with E-state index in [2.05, 4.69) is 17.3 Å². The molecule has 4 heteroatoms. The summed E-state index contributed by atoms with van der Waals surface area (Å²) in [4.78, 5) is 4.57. The Balaban J connectivity index is 2.89. The number of nitrogens with zero attached hydrogens (tertiary/aromatic N) is 1. The summed E-state index contributed by atoms with van der Waals surface area (Å²) in [6, 6.07) is 5.71. The highest BCUT2D eigenvalue weighted by Crippen LogP contribution is 2.31. The van der Waals surface area contributed by atoms with Crippen LogP contribution in [-0.2, 0) is 6.42 Å². The molecule has 0 spiro atoms. The number of aromatic nitrogens is 1. The van der Waals surface area contributed by atoms with E-state index < -0.39 is 0 Å². The minimum atomic E-state index is 0.656. The quantitative estimate of drug-likeness (QED) is 0.621. The summed E-state index contributed by atoms with van der Waals surface area (Å²) < 4.78 is 0. The first-order valence-electron chi connectivity index (χ1n) is 5.23. The maximum atomic E-state index is 6.14. The number of pyridine rings is 1. The normalized spacial score (nSPS) is 10.8. The zero-order valence-electron chi connectivity index (χ0n) is 9.34. The number of nitrogens with one attached hydrogen (secondary N) is 1. The molecule has 84 valence electrons. The molecule has 0 bridgehead atoms. The van der Waals surface area contributed by atoms with Gasteiger partial charge in [0.2, 0.25) is 0 Å². The second-order valence-electron chi connectivity index (χ2n) is 3.69. The molecule has 0 atom stereocenters. The molecular formula is C12H14ClN3. The topological polar surface area (TPSA) is 50.9 Å². The van der Waals surface area contributed by atoms with Crippen molar-refractivity contribution in [2.24, 2.45) is 5.84 Å². The third kappa shape index (κ3) is 1.62. The van der Waals surface area contributed by atoms with Gasteiger partial charge in [0.15, 0.2) is 0 Å². The first-order valence-corrected chi connectivity index (χ1v) is 5.61. The zero-order chi connectivity index (χ0) is 11.7. The predicted molar refractivity (Wildman–Crippen MR) is 68.7 cm³/mol. The van der Waals surface area contributed by atoms with Crippen molar-refractivity contribution >= 4 is 28.2 Å². The Labute approximate surface area is 99.6 Å². The average molecular weight is 236 g/mol. The number of fused-ring (bicyclic) bond motifs is 1. The molecule has 0 aliphatic rings. The molecule has 0 amide bonds. The van der Waals surface area contributed by atoms with E-state index in [9.17, 15) is 0 Å². The first kappa shape index (κ1) is 11.2. The van der Waals surface area contributed by atoms with Crippen LogP contribution in [0.5, 0.6) is 0 Å². The Bertz CT molecular complexity index is 537. The summed E-state index contributed by atoms with van der Waals surface area (Å²) in [6.45, 7) is 4.08. The summed E-state index contributed by atoms with van der Waals surface area (Å²) in [6.07, 6.45) is 0.863. The van der Waals surface area contributed by atoms with E-state index in [4.69, 9.17) is 17.4 Å². The van der Waals surface area contributed by atoms with Crippen molar-refractivity contribution in [3.63, 3.8) is 0 Å². The van der Waals surface area contributed by atoms with Crippen LogP contribution < -0.4 is 11.3 Å². The summed E-state index contributed by atoms with van der Waals surface area (Å²) in [7, 11) is 0. The molecule has 0 saturated heterocycles. The fourth-order valence-corrected chi connectivity index (χ4v) is 2.14. The van der Waals surface area contributed by atoms with Crippen LogP contribution in [0.15, 0.2) is 18.2 Å². The Morgan fingerprint density at radius 2 is 2.19 bits per heavy atom. The van der Waals surface area contributed by atoms with Crippen molar-refractivity contribution in [3.8, 4) is 0 Å². The summed E-state index contributed by atoms with van der Waals surface area (Å²) in [5.41, 5.74) is 6.56. The Hall–Kier alpha value is -1.32. The lowest BCUT2D eigenvalue weighted by Crippen LogP contribution is -2.11. The van der Waals surface area contributed by atoms with Crippen molar-refractivity contribution in [2.45, 2.75) is 20.3 Å². The monoisotopic (exact) mass is 235 g/mol. The SMILES string of the molecule is CCc1nc2c(Cl)cccc2c(NN)c1C. The van der Waals surface area contributed by atoms with E-state index in [0.717, 1.165) is 34.3 Å². The van der Waals surface area contributed by atoms with Gasteiger partial charge in [0.05, 0.1) is 16.2 Å². The van der Waals surface area contributed by atoms with Crippen molar-refractivity contribution in [1.29, 1.82) is 0 Å². The van der Waals surface area contributed by atoms with Gasteiger partial charge in [-0.2, -0.15) is 0 Å². The summed E-state index contributed by atoms with van der Waals surface area (Å²) in [5.74, 6) is 5.57. The Kier molecular flexibility index (Phi) is 2.99. The van der Waals surface area contributed by atoms with E-state index in [1.54, 1.807) is 0 Å². The van der Waals surface area contributed by atoms with Crippen molar-refractivity contribution in [1.82, 2.24) is 4.98 Å². The van der Waals surface area contributed by atoms with E-state index >= 15 is 0 Å². The number of para-hydroxylation sites is 1. The van der Waals surface area contributed by atoms with Gasteiger partial charge in [-0.25, -0.2) is 0 Å². The summed E-state index contributed by atoms with van der Waals surface area (Å²) >= 11 is 6.14. The minimum Gasteiger partial charge on any atom is -0.323 e. The van der Waals surface area contributed by atoms with Crippen molar-refractivity contribution in [3.05, 3.63) is 34.5 Å². The lowest BCUT2D eigenvalue weighted by Gasteiger charge is -2.13. The predicted octanol–water partition coefficient (Wildman–Crippen LogP) is 3.04. The van der Waals surface area contributed by atoms with Gasteiger partial charge >= 0.3 is 0 Å². The van der Waals surface area contributed by atoms with Crippen LogP contribution in [0.25, 0.3) is 10.9 Å². The molecule has 3 N–H and O–H groups in total. The number of hydrogen-bond donors (Lipinski definition) is 2. The minimum absolute atomic E-state index is 0.656. The second kappa shape index (κ2) is 4.28. The van der Waals surface area contributed by atoms with Gasteiger partial charge in [-0.05, 0) is 25.0 Å². The lowest BCUT2D eigenvalue weighted by molar-refractivity contribution is 1.03. The van der Waals surface area contributed by atoms with Crippen LogP contribution in [0.4, 0.5) is 5.69 Å². The Morgan fingerprint density at radius 3 is 2.81 bits per heavy atom. The average Bonchev–Trinajstić information content (AvgIpc) is 2.29. The number of aryl methyl sites for hydroxylation is 1. The molecular weight excluding hydrogens is 222 g/mol. The number of hydrogen-bond acceptors (Lipinski definition) is 3. The summed E-state index contributed by atoms with van der Waals surface area (Å²) in [5, 5.41) is 1.62. The highest BCUT2D eigenvalue weighted by atomic mass is 35.5. The fraction of sp³-hybridized carbons (Fsp3) is 0.250. The van der Waals surface area contributed by atoms with Crippen LogP contribution in [-0.4, -0.2) is 4.98 Å². The molecule has 0 aliphatic heterocycles. The zero-order valence-corrected chi connectivity index (χ0v) is 10.1. The van der Waals surface area contributed by atoms with Crippen LogP contribution >= 0.6 is 11.6 Å². The van der Waals surface area contributed by atoms with Crippen molar-refractivity contribution in [2.75, 3.05) is 5.43 Å². The van der Waals surface area contributed by atoms with E-state index in [-0.39, 0.29) is 0 Å². The van der Waals surface area contributed by atoms with Crippen LogP contribution in [0, 0.1) is 6.92 Å². The van der Waals surface area contributed by atoms with Crippen LogP contribution in [0.3, 0.4) is 0 Å². The number of nitrogen functional groups attached to an aromatic ring is 1. The fourth-order valence-electron chi connectivity index (χ4n) is 1.93. The molecule has 0 radical (unpaired) electrons. The molecule has 1 aromatic heterocycles. The number of halogens is 1. The maximum Gasteiger partial charge on any atom is 0.0912 e. The third-order valence-corrected chi connectivity index (χ3v) is 3.09. The van der Waals surface area contributed by atoms with E-state index in [0.29, 0.717) is 5.02 Å². The van der Waals surface area contributed by atoms with Crippen molar-refractivity contribution < 1.29 is 0 Å². The van der Waals surface area contributed by atoms with Gasteiger partial charge in [-0.15, -0.1) is 0 Å². The molecule has 0 unspecified atom stereocenters. The van der Waals surface area contributed by atoms with Gasteiger partial charge in [0.1, 0.15) is 0 Å². The van der Waals surface area contributed by atoms with Gasteiger partial charge < -0.3 is 5.43 Å². The number of rotatable bonds is 2. The number of anilines is 1. The highest BCUT2D eigenvalue weighted by molar-refractivity contribution is 6.35. The van der Waals surface area contributed by atoms with E-state index in [1.807, 2.05) is 25.1 Å². The number of benzene rings is 1. The molecule has 0 fully saturated rings. The largest absolute Gasteiger partial charge is 0.323 e. The molecule has 16 heavy (non-hydrogen) atoms. The second-order valence-corrected chi connectivity index (χ2v) is 4.10. The molecule has 0 aliphatic carbocycles. The molecule has 1 aromatic carbocycles. The number of hydrazine groups is 1. The maximum absolute atomic E-state index is 6.14. The number of nitrogens with two attached hydrogens (primary N) is 1. The third-order valence-electron chi connectivity index (χ3n) is 2.79. The molecule has 3 nitrogen and oxygen atoms in total. The standard InChI is InChI=1S/C12H14ClN3/c1-3-10-7(2)11(16-14)8-5-4-6-9(13)12(8)15-10/h4-6H,3,14H2,1-2H3,(H,15,16). The van der Waals surface area contributed by atoms with Crippen LogP contribution in [0.2, 0.25) is 5.02 Å². The van der Waals surface area contributed by atoms with Gasteiger partial charge in [-0.3, -0.25) is 10.8 Å². The molecule has 1 heterocycles. The Morgan fingerprint density at radius 1 is 1.44 bits per heavy atom. The molecule has 0 saturated carbocycles. The molecule has 2 aromatic rings. The van der Waals surface area contributed by atoms with Gasteiger partial charge in [-0.1, -0.05) is 30.7 Å². The highest BCUT2D eigenvalue weighted by Gasteiger charge is 2.11. The lowest BCUT2D eigenvalue weighted by atomic mass is 10.1. The smallest absolute Gasteiger partial charge is 0.0912 e. The van der Waals surface area contributed by atoms with E-state index in [1.165, 1.54) is 0 Å².